The van der Waals surface area contributed by atoms with Crippen LogP contribution in [0.3, 0.4) is 0 Å². The van der Waals surface area contributed by atoms with Crippen molar-refractivity contribution in [3.05, 3.63) is 29.6 Å². The lowest BCUT2D eigenvalue weighted by Gasteiger charge is -2.45. The van der Waals surface area contributed by atoms with Crippen LogP contribution in [0.4, 0.5) is 0 Å². The maximum absolute atomic E-state index is 7.35. The molecule has 0 bridgehead atoms. The number of hydrogen-bond acceptors (Lipinski definition) is 3. The van der Waals surface area contributed by atoms with E-state index in [2.05, 4.69) is 95.2 Å². The smallest absolute Gasteiger partial charge is 0.201 e. The highest BCUT2D eigenvalue weighted by molar-refractivity contribution is 6.78. The predicted octanol–water partition coefficient (Wildman–Crippen LogP) is 9.73. The van der Waals surface area contributed by atoms with E-state index < -0.39 is 16.6 Å². The van der Waals surface area contributed by atoms with Crippen molar-refractivity contribution in [3.63, 3.8) is 0 Å². The van der Waals surface area contributed by atoms with Gasteiger partial charge in [0.1, 0.15) is 0 Å². The Hall–Kier alpha value is -0.496. The molecule has 1 aromatic rings. The summed E-state index contributed by atoms with van der Waals surface area (Å²) >= 11 is 0. The lowest BCUT2D eigenvalue weighted by molar-refractivity contribution is 0.157. The van der Waals surface area contributed by atoms with Crippen LogP contribution in [0.5, 0.6) is 0 Å². The van der Waals surface area contributed by atoms with Crippen molar-refractivity contribution in [3.8, 4) is 0 Å². The lowest BCUT2D eigenvalue weighted by Crippen LogP contribution is -2.49. The standard InChI is InChI=1S/C28H53NO2Si2/c1-19(2)32(20(3)4,21(5)6)30-26-16-13-17-27(28-25(26)15-14-18-29-28)31-33(22(7)8,23(9)10)24(11)12/h14-15,18-24,26-27H,13,16-17H2,1-12H3/t26?,27-/m1/s1. The maximum Gasteiger partial charge on any atom is 0.201 e. The molecule has 1 unspecified atom stereocenters. The van der Waals surface area contributed by atoms with Crippen LogP contribution in [0.15, 0.2) is 18.3 Å². The van der Waals surface area contributed by atoms with Crippen molar-refractivity contribution in [1.29, 1.82) is 0 Å². The third-order valence-electron chi connectivity index (χ3n) is 8.56. The van der Waals surface area contributed by atoms with Gasteiger partial charge in [0.05, 0.1) is 17.9 Å². The molecule has 33 heavy (non-hydrogen) atoms. The van der Waals surface area contributed by atoms with E-state index in [0.29, 0.717) is 33.2 Å². The third-order valence-corrected chi connectivity index (χ3v) is 20.8. The monoisotopic (exact) mass is 491 g/mol. The molecule has 3 nitrogen and oxygen atoms in total. The van der Waals surface area contributed by atoms with Crippen LogP contribution in [-0.4, -0.2) is 21.6 Å². The van der Waals surface area contributed by atoms with Gasteiger partial charge in [0.2, 0.25) is 16.6 Å². The van der Waals surface area contributed by atoms with Crippen LogP contribution < -0.4 is 0 Å². The molecular weight excluding hydrogens is 438 g/mol. The summed E-state index contributed by atoms with van der Waals surface area (Å²) in [6, 6.07) is 4.37. The molecule has 1 aromatic heterocycles. The van der Waals surface area contributed by atoms with Gasteiger partial charge in [-0.2, -0.15) is 0 Å². The largest absolute Gasteiger partial charge is 0.409 e. The van der Waals surface area contributed by atoms with Gasteiger partial charge in [-0.15, -0.1) is 0 Å². The Morgan fingerprint density at radius 2 is 1.06 bits per heavy atom. The second-order valence-electron chi connectivity index (χ2n) is 12.3. The topological polar surface area (TPSA) is 31.4 Å². The van der Waals surface area contributed by atoms with E-state index in [1.807, 2.05) is 6.20 Å². The number of fused-ring (bicyclic) bond motifs is 1. The molecular formula is C28H53NO2Si2. The Bertz CT molecular complexity index is 641. The van der Waals surface area contributed by atoms with Crippen molar-refractivity contribution in [2.75, 3.05) is 0 Å². The molecule has 0 N–H and O–H groups in total. The van der Waals surface area contributed by atoms with Gasteiger partial charge in [-0.05, 0) is 58.6 Å². The van der Waals surface area contributed by atoms with Crippen LogP contribution in [0.25, 0.3) is 0 Å². The molecule has 0 spiro atoms. The van der Waals surface area contributed by atoms with E-state index in [1.165, 1.54) is 5.56 Å². The molecule has 1 aliphatic carbocycles. The van der Waals surface area contributed by atoms with E-state index in [9.17, 15) is 0 Å². The van der Waals surface area contributed by atoms with E-state index in [-0.39, 0.29) is 12.2 Å². The number of hydrogen-bond donors (Lipinski definition) is 0. The summed E-state index contributed by atoms with van der Waals surface area (Å²) in [7, 11) is -3.99. The molecule has 2 rings (SSSR count). The minimum Gasteiger partial charge on any atom is -0.409 e. The van der Waals surface area contributed by atoms with Crippen LogP contribution in [0.1, 0.15) is 126 Å². The normalized spacial score (nSPS) is 20.4. The maximum atomic E-state index is 7.35. The summed E-state index contributed by atoms with van der Waals surface area (Å²) in [4.78, 5) is 4.97. The van der Waals surface area contributed by atoms with Crippen LogP contribution >= 0.6 is 0 Å². The average molecular weight is 492 g/mol. The quantitative estimate of drug-likeness (QED) is 0.241. The number of pyridine rings is 1. The molecule has 0 saturated heterocycles. The van der Waals surface area contributed by atoms with Gasteiger partial charge in [0.15, 0.2) is 0 Å². The minimum atomic E-state index is -2.00. The molecule has 0 aromatic carbocycles. The van der Waals surface area contributed by atoms with Gasteiger partial charge < -0.3 is 8.85 Å². The van der Waals surface area contributed by atoms with Gasteiger partial charge in [0, 0.05) is 11.8 Å². The van der Waals surface area contributed by atoms with E-state index in [4.69, 9.17) is 13.8 Å². The minimum absolute atomic E-state index is 0.0851. The summed E-state index contributed by atoms with van der Waals surface area (Å²) in [6.45, 7) is 28.6. The van der Waals surface area contributed by atoms with E-state index >= 15 is 0 Å². The molecule has 0 saturated carbocycles. The van der Waals surface area contributed by atoms with Crippen LogP contribution in [0, 0.1) is 0 Å². The fraction of sp³-hybridized carbons (Fsp3) is 0.821. The van der Waals surface area contributed by atoms with Gasteiger partial charge in [-0.25, -0.2) is 0 Å². The van der Waals surface area contributed by atoms with Crippen molar-refractivity contribution >= 4 is 16.6 Å². The number of aromatic nitrogens is 1. The van der Waals surface area contributed by atoms with Crippen molar-refractivity contribution < 1.29 is 8.85 Å². The molecule has 5 heteroatoms. The van der Waals surface area contributed by atoms with Crippen LogP contribution in [-0.2, 0) is 8.85 Å². The summed E-state index contributed by atoms with van der Waals surface area (Å²) in [5, 5.41) is 0. The van der Waals surface area contributed by atoms with Gasteiger partial charge in [-0.3, -0.25) is 4.98 Å². The Balaban J connectivity index is 2.52. The van der Waals surface area contributed by atoms with Crippen LogP contribution in [0.2, 0.25) is 33.2 Å². The first-order valence-electron chi connectivity index (χ1n) is 13.6. The second-order valence-corrected chi connectivity index (χ2v) is 23.1. The average Bonchev–Trinajstić information content (AvgIpc) is 2.87. The Kier molecular flexibility index (Phi) is 10.0. The zero-order valence-electron chi connectivity index (χ0n) is 23.7. The van der Waals surface area contributed by atoms with Crippen molar-refractivity contribution in [2.24, 2.45) is 0 Å². The summed E-state index contributed by atoms with van der Waals surface area (Å²) in [5.41, 5.74) is 5.90. The Morgan fingerprint density at radius 1 is 0.667 bits per heavy atom. The van der Waals surface area contributed by atoms with E-state index in [1.54, 1.807) is 0 Å². The van der Waals surface area contributed by atoms with Gasteiger partial charge >= 0.3 is 0 Å². The van der Waals surface area contributed by atoms with Crippen molar-refractivity contribution in [1.82, 2.24) is 4.98 Å². The molecule has 0 fully saturated rings. The Morgan fingerprint density at radius 3 is 1.48 bits per heavy atom. The molecule has 0 radical (unpaired) electrons. The highest BCUT2D eigenvalue weighted by atomic mass is 28.4. The fourth-order valence-corrected chi connectivity index (χ4v) is 18.4. The number of rotatable bonds is 10. The summed E-state index contributed by atoms with van der Waals surface area (Å²) < 4.78 is 14.7. The highest BCUT2D eigenvalue weighted by Gasteiger charge is 2.49. The zero-order chi connectivity index (χ0) is 25.1. The highest BCUT2D eigenvalue weighted by Crippen LogP contribution is 2.50. The van der Waals surface area contributed by atoms with Gasteiger partial charge in [-0.1, -0.05) is 89.2 Å². The molecule has 1 heterocycles. The summed E-state index contributed by atoms with van der Waals surface area (Å²) in [6.07, 6.45) is 5.42. The lowest BCUT2D eigenvalue weighted by atomic mass is 10.1. The van der Waals surface area contributed by atoms with Gasteiger partial charge in [0.25, 0.3) is 0 Å². The molecule has 2 atom stereocenters. The molecule has 1 aliphatic rings. The fourth-order valence-electron chi connectivity index (χ4n) is 7.30. The molecule has 0 amide bonds. The first kappa shape index (κ1) is 28.7. The molecule has 190 valence electrons. The first-order chi connectivity index (χ1) is 15.3. The zero-order valence-corrected chi connectivity index (χ0v) is 25.7. The van der Waals surface area contributed by atoms with E-state index in [0.717, 1.165) is 25.0 Å². The SMILES string of the molecule is CC(C)[Si](OC1CCC[C@@H](O[Si](C(C)C)(C(C)C)C(C)C)c2ncccc21)(C(C)C)C(C)C. The predicted molar refractivity (Wildman–Crippen MR) is 148 cm³/mol. The third kappa shape index (κ3) is 5.52. The first-order valence-corrected chi connectivity index (χ1v) is 17.9. The summed E-state index contributed by atoms with van der Waals surface area (Å²) in [5.74, 6) is 0. The molecule has 0 aliphatic heterocycles. The second kappa shape index (κ2) is 11.5. The van der Waals surface area contributed by atoms with Crippen molar-refractivity contribution in [2.45, 2.75) is 148 Å². The number of nitrogens with zero attached hydrogens (tertiary/aromatic N) is 1. The Labute approximate surface area is 207 Å².